The van der Waals surface area contributed by atoms with Crippen LogP contribution in [0.1, 0.15) is 78.0 Å². The van der Waals surface area contributed by atoms with Gasteiger partial charge in [0.25, 0.3) is 0 Å². The van der Waals surface area contributed by atoms with E-state index in [2.05, 4.69) is 10.6 Å². The summed E-state index contributed by atoms with van der Waals surface area (Å²) in [7, 11) is 0. The second-order valence-corrected chi connectivity index (χ2v) is 9.68. The largest absolute Gasteiger partial charge is 0.444 e. The van der Waals surface area contributed by atoms with Crippen molar-refractivity contribution < 1.29 is 23.9 Å². The molecule has 0 heterocycles. The minimum absolute atomic E-state index is 0.150. The van der Waals surface area contributed by atoms with E-state index < -0.39 is 42.0 Å². The third kappa shape index (κ3) is 9.41. The third-order valence-electron chi connectivity index (χ3n) is 4.90. The van der Waals surface area contributed by atoms with E-state index in [1.807, 2.05) is 39.8 Å². The Labute approximate surface area is 202 Å². The Morgan fingerprint density at radius 3 is 2.21 bits per heavy atom. The van der Waals surface area contributed by atoms with E-state index in [0.717, 1.165) is 12.0 Å². The number of nitrogens with zero attached hydrogens (tertiary/aromatic N) is 1. The Balaban J connectivity index is 3.48. The maximum atomic E-state index is 13.8. The van der Waals surface area contributed by atoms with E-state index in [-0.39, 0.29) is 18.5 Å². The first-order valence-corrected chi connectivity index (χ1v) is 11.7. The predicted octanol–water partition coefficient (Wildman–Crippen LogP) is 2.96. The van der Waals surface area contributed by atoms with Gasteiger partial charge in [-0.15, -0.1) is 0 Å². The van der Waals surface area contributed by atoms with Crippen molar-refractivity contribution in [1.82, 2.24) is 15.5 Å². The Morgan fingerprint density at radius 2 is 1.71 bits per heavy atom. The minimum Gasteiger partial charge on any atom is -0.444 e. The second-order valence-electron chi connectivity index (χ2n) is 9.68. The van der Waals surface area contributed by atoms with E-state index >= 15 is 0 Å². The van der Waals surface area contributed by atoms with Crippen molar-refractivity contribution >= 4 is 23.8 Å². The first-order valence-electron chi connectivity index (χ1n) is 11.7. The van der Waals surface area contributed by atoms with Crippen molar-refractivity contribution in [1.29, 1.82) is 0 Å². The maximum absolute atomic E-state index is 13.8. The van der Waals surface area contributed by atoms with E-state index in [1.54, 1.807) is 32.9 Å². The Hall–Kier alpha value is -3.10. The molecular formula is C25H40N4O5. The monoisotopic (exact) mass is 476 g/mol. The molecule has 0 aliphatic heterocycles. The lowest BCUT2D eigenvalue weighted by Gasteiger charge is -2.35. The number of hydrogen-bond donors (Lipinski definition) is 3. The fraction of sp³-hybridized carbons (Fsp3) is 0.600. The average Bonchev–Trinajstić information content (AvgIpc) is 2.68. The first-order chi connectivity index (χ1) is 15.8. The number of rotatable bonds is 11. The molecule has 1 aromatic rings. The first kappa shape index (κ1) is 28.9. The summed E-state index contributed by atoms with van der Waals surface area (Å²) >= 11 is 0. The number of primary amides is 1. The molecule has 0 bridgehead atoms. The summed E-state index contributed by atoms with van der Waals surface area (Å²) in [4.78, 5) is 52.8. The van der Waals surface area contributed by atoms with Crippen LogP contribution in [0.25, 0.3) is 0 Å². The van der Waals surface area contributed by atoms with Crippen LogP contribution >= 0.6 is 0 Å². The topological polar surface area (TPSA) is 131 Å². The zero-order valence-corrected chi connectivity index (χ0v) is 21.4. The van der Waals surface area contributed by atoms with Crippen molar-refractivity contribution in [2.24, 2.45) is 5.73 Å². The summed E-state index contributed by atoms with van der Waals surface area (Å²) in [5.41, 5.74) is 6.10. The van der Waals surface area contributed by atoms with Gasteiger partial charge < -0.3 is 26.0 Å². The lowest BCUT2D eigenvalue weighted by Crippen LogP contribution is -2.54. The van der Waals surface area contributed by atoms with Gasteiger partial charge in [-0.05, 0) is 59.1 Å². The molecule has 4 N–H and O–H groups in total. The predicted molar refractivity (Wildman–Crippen MR) is 131 cm³/mol. The standard InChI is InChI=1S/C25H40N4O5/c1-8-9-14-29(21(22(31)27-16(2)3)18-13-11-10-12-17(18)4)23(32)19(15-20(26)30)28-24(33)34-25(5,6)7/h10-13,16,19,21H,8-9,14-15H2,1-7H3,(H2,26,30)(H,27,31)(H,28,33). The molecule has 0 aliphatic rings. The van der Waals surface area contributed by atoms with Gasteiger partial charge in [0.1, 0.15) is 17.7 Å². The number of benzene rings is 1. The van der Waals surface area contributed by atoms with E-state index in [1.165, 1.54) is 4.90 Å². The minimum atomic E-state index is -1.28. The van der Waals surface area contributed by atoms with Gasteiger partial charge in [0.05, 0.1) is 6.42 Å². The number of aryl methyl sites for hydroxylation is 1. The van der Waals surface area contributed by atoms with Crippen LogP contribution in [0.3, 0.4) is 0 Å². The molecule has 0 spiro atoms. The number of alkyl carbamates (subject to hydrolysis) is 1. The third-order valence-corrected chi connectivity index (χ3v) is 4.90. The van der Waals surface area contributed by atoms with Gasteiger partial charge in [-0.1, -0.05) is 37.6 Å². The highest BCUT2D eigenvalue weighted by atomic mass is 16.6. The maximum Gasteiger partial charge on any atom is 0.408 e. The van der Waals surface area contributed by atoms with Crippen LogP contribution in [0.5, 0.6) is 0 Å². The van der Waals surface area contributed by atoms with Crippen LogP contribution in [0, 0.1) is 6.92 Å². The van der Waals surface area contributed by atoms with Gasteiger partial charge in [-0.3, -0.25) is 14.4 Å². The SMILES string of the molecule is CCCCN(C(=O)C(CC(N)=O)NC(=O)OC(C)(C)C)C(C(=O)NC(C)C)c1ccccc1C. The molecule has 1 aromatic carbocycles. The summed E-state index contributed by atoms with van der Waals surface area (Å²) in [5, 5.41) is 5.37. The summed E-state index contributed by atoms with van der Waals surface area (Å²) in [6, 6.07) is 4.96. The quantitative estimate of drug-likeness (QED) is 0.452. The molecule has 0 saturated carbocycles. The van der Waals surface area contributed by atoms with Crippen LogP contribution < -0.4 is 16.4 Å². The molecule has 0 aliphatic carbocycles. The Kier molecular flexibility index (Phi) is 11.0. The molecule has 9 heteroatoms. The molecule has 190 valence electrons. The van der Waals surface area contributed by atoms with Crippen molar-refractivity contribution in [3.63, 3.8) is 0 Å². The smallest absolute Gasteiger partial charge is 0.408 e. The fourth-order valence-electron chi connectivity index (χ4n) is 3.45. The van der Waals surface area contributed by atoms with E-state index in [9.17, 15) is 19.2 Å². The molecule has 9 nitrogen and oxygen atoms in total. The van der Waals surface area contributed by atoms with E-state index in [0.29, 0.717) is 12.0 Å². The van der Waals surface area contributed by atoms with Crippen LogP contribution in [-0.2, 0) is 19.1 Å². The Morgan fingerprint density at radius 1 is 1.09 bits per heavy atom. The Bertz CT molecular complexity index is 863. The van der Waals surface area contributed by atoms with Gasteiger partial charge in [0, 0.05) is 12.6 Å². The van der Waals surface area contributed by atoms with Gasteiger partial charge in [0.2, 0.25) is 17.7 Å². The molecule has 0 radical (unpaired) electrons. The lowest BCUT2D eigenvalue weighted by molar-refractivity contribution is -0.143. The second kappa shape index (κ2) is 13.0. The fourth-order valence-corrected chi connectivity index (χ4v) is 3.45. The number of nitrogens with one attached hydrogen (secondary N) is 2. The number of carbonyl (C=O) groups excluding carboxylic acids is 4. The number of ether oxygens (including phenoxy) is 1. The number of nitrogens with two attached hydrogens (primary N) is 1. The van der Waals surface area contributed by atoms with Crippen LogP contribution in [-0.4, -0.2) is 52.9 Å². The summed E-state index contributed by atoms with van der Waals surface area (Å²) < 4.78 is 5.27. The van der Waals surface area contributed by atoms with Crippen molar-refractivity contribution in [3.05, 3.63) is 35.4 Å². The molecular weight excluding hydrogens is 436 g/mol. The highest BCUT2D eigenvalue weighted by molar-refractivity contribution is 5.94. The normalized spacial score (nSPS) is 13.1. The highest BCUT2D eigenvalue weighted by Crippen LogP contribution is 2.26. The van der Waals surface area contributed by atoms with Gasteiger partial charge >= 0.3 is 6.09 Å². The lowest BCUT2D eigenvalue weighted by atomic mass is 9.97. The number of amides is 4. The average molecular weight is 477 g/mol. The summed E-state index contributed by atoms with van der Waals surface area (Å²) in [6.45, 7) is 12.8. The molecule has 0 aromatic heterocycles. The van der Waals surface area contributed by atoms with Crippen LogP contribution in [0.2, 0.25) is 0 Å². The van der Waals surface area contributed by atoms with Crippen molar-refractivity contribution in [2.45, 2.75) is 91.5 Å². The van der Waals surface area contributed by atoms with Crippen molar-refractivity contribution in [2.75, 3.05) is 6.54 Å². The molecule has 0 fully saturated rings. The molecule has 2 unspecified atom stereocenters. The summed E-state index contributed by atoms with van der Waals surface area (Å²) in [5.74, 6) is -1.68. The van der Waals surface area contributed by atoms with Gasteiger partial charge in [-0.25, -0.2) is 4.79 Å². The van der Waals surface area contributed by atoms with Crippen LogP contribution in [0.4, 0.5) is 4.79 Å². The molecule has 34 heavy (non-hydrogen) atoms. The zero-order valence-electron chi connectivity index (χ0n) is 21.4. The highest BCUT2D eigenvalue weighted by Gasteiger charge is 2.37. The zero-order chi connectivity index (χ0) is 26.1. The number of hydrogen-bond acceptors (Lipinski definition) is 5. The number of unbranched alkanes of at least 4 members (excludes halogenated alkanes) is 1. The number of carbonyl (C=O) groups is 4. The van der Waals surface area contributed by atoms with E-state index in [4.69, 9.17) is 10.5 Å². The molecule has 1 rings (SSSR count). The molecule has 2 atom stereocenters. The van der Waals surface area contributed by atoms with Crippen molar-refractivity contribution in [3.8, 4) is 0 Å². The molecule has 4 amide bonds. The van der Waals surface area contributed by atoms with Gasteiger partial charge in [-0.2, -0.15) is 0 Å². The van der Waals surface area contributed by atoms with Crippen LogP contribution in [0.15, 0.2) is 24.3 Å². The molecule has 0 saturated heterocycles. The van der Waals surface area contributed by atoms with Gasteiger partial charge in [0.15, 0.2) is 0 Å². The summed E-state index contributed by atoms with van der Waals surface area (Å²) in [6.07, 6.45) is 0.128.